The third-order valence-electron chi connectivity index (χ3n) is 3.25. The Morgan fingerprint density at radius 2 is 2.00 bits per heavy atom. The summed E-state index contributed by atoms with van der Waals surface area (Å²) in [5.74, 6) is -0.922. The summed E-state index contributed by atoms with van der Waals surface area (Å²) < 4.78 is 5.30. The molecule has 1 N–H and O–H groups in total. The van der Waals surface area contributed by atoms with Crippen LogP contribution in [0.3, 0.4) is 0 Å². The number of carbonyl (C=O) groups is 1. The lowest BCUT2D eigenvalue weighted by atomic mass is 10.1. The maximum absolute atomic E-state index is 10.4. The van der Waals surface area contributed by atoms with E-state index in [1.807, 2.05) is 24.3 Å². The zero-order valence-electron chi connectivity index (χ0n) is 10.6. The average Bonchev–Trinajstić information content (AvgIpc) is 2.46. The van der Waals surface area contributed by atoms with Crippen LogP contribution < -0.4 is 4.90 Å². The van der Waals surface area contributed by atoms with E-state index in [1.54, 1.807) is 0 Å². The van der Waals surface area contributed by atoms with Crippen molar-refractivity contribution in [2.45, 2.75) is 18.9 Å². The molecule has 5 heteroatoms. The fourth-order valence-electron chi connectivity index (χ4n) is 2.22. The number of anilines is 1. The minimum atomic E-state index is -0.922. The highest BCUT2D eigenvalue weighted by Gasteiger charge is 2.20. The Morgan fingerprint density at radius 1 is 1.37 bits per heavy atom. The lowest BCUT2D eigenvalue weighted by Crippen LogP contribution is -2.37. The fraction of sp³-hybridized carbons (Fsp3) is 0.429. The number of hydrogen-bond donors (Lipinski definition) is 1. The topological polar surface area (TPSA) is 73.6 Å². The summed E-state index contributed by atoms with van der Waals surface area (Å²) >= 11 is 0. The normalized spacial score (nSPS) is 16.1. The van der Waals surface area contributed by atoms with Gasteiger partial charge in [-0.1, -0.05) is 0 Å². The number of carboxylic acid groups (broad SMARTS) is 1. The zero-order valence-corrected chi connectivity index (χ0v) is 10.6. The first-order valence-corrected chi connectivity index (χ1v) is 6.27. The molecule has 0 aliphatic carbocycles. The molecule has 1 fully saturated rings. The van der Waals surface area contributed by atoms with E-state index in [4.69, 9.17) is 15.1 Å². The second-order valence-electron chi connectivity index (χ2n) is 4.55. The molecule has 1 aliphatic heterocycles. The smallest absolute Gasteiger partial charge is 0.329 e. The first-order valence-electron chi connectivity index (χ1n) is 6.27. The molecule has 1 aromatic carbocycles. The van der Waals surface area contributed by atoms with Gasteiger partial charge in [0.25, 0.3) is 0 Å². The van der Waals surface area contributed by atoms with Crippen LogP contribution in [0.1, 0.15) is 18.4 Å². The van der Waals surface area contributed by atoms with Gasteiger partial charge in [-0.3, -0.25) is 0 Å². The van der Waals surface area contributed by atoms with Gasteiger partial charge in [0.05, 0.1) is 17.7 Å². The molecule has 0 spiro atoms. The first-order chi connectivity index (χ1) is 9.19. The maximum Gasteiger partial charge on any atom is 0.329 e. The highest BCUT2D eigenvalue weighted by Crippen LogP contribution is 2.21. The van der Waals surface area contributed by atoms with Crippen molar-refractivity contribution in [3.63, 3.8) is 0 Å². The summed E-state index contributed by atoms with van der Waals surface area (Å²) in [6.45, 7) is 1.47. The average molecular weight is 260 g/mol. The van der Waals surface area contributed by atoms with Gasteiger partial charge in [0.2, 0.25) is 0 Å². The van der Waals surface area contributed by atoms with Crippen molar-refractivity contribution in [1.82, 2.24) is 0 Å². The Morgan fingerprint density at radius 3 is 2.53 bits per heavy atom. The van der Waals surface area contributed by atoms with E-state index in [0.29, 0.717) is 5.56 Å². The molecule has 5 nitrogen and oxygen atoms in total. The summed E-state index contributed by atoms with van der Waals surface area (Å²) in [6, 6.07) is 9.60. The van der Waals surface area contributed by atoms with Gasteiger partial charge in [-0.15, -0.1) is 0 Å². The van der Waals surface area contributed by atoms with Gasteiger partial charge in [0.15, 0.2) is 0 Å². The van der Waals surface area contributed by atoms with Gasteiger partial charge in [-0.2, -0.15) is 5.26 Å². The molecule has 0 bridgehead atoms. The molecule has 0 saturated carbocycles. The molecule has 19 heavy (non-hydrogen) atoms. The molecular formula is C14H16N2O3. The highest BCUT2D eigenvalue weighted by molar-refractivity contribution is 5.68. The second-order valence-corrected chi connectivity index (χ2v) is 4.55. The number of carboxylic acids is 1. The summed E-state index contributed by atoms with van der Waals surface area (Å²) in [4.78, 5) is 12.7. The molecule has 1 heterocycles. The number of nitrogens with zero attached hydrogens (tertiary/aromatic N) is 2. The largest absolute Gasteiger partial charge is 0.480 e. The second kappa shape index (κ2) is 6.21. The van der Waals surface area contributed by atoms with Crippen LogP contribution in [0.15, 0.2) is 24.3 Å². The number of nitriles is 1. The molecule has 0 radical (unpaired) electrons. The van der Waals surface area contributed by atoms with Gasteiger partial charge >= 0.3 is 5.97 Å². The van der Waals surface area contributed by atoms with Crippen molar-refractivity contribution in [3.8, 4) is 6.07 Å². The summed E-state index contributed by atoms with van der Waals surface area (Å²) in [6.07, 6.45) is 1.69. The van der Waals surface area contributed by atoms with Crippen LogP contribution in [0.5, 0.6) is 0 Å². The minimum absolute atomic E-state index is 0.0331. The Hall–Kier alpha value is -2.06. The van der Waals surface area contributed by atoms with E-state index in [-0.39, 0.29) is 12.7 Å². The lowest BCUT2D eigenvalue weighted by Gasteiger charge is -2.33. The number of hydrogen-bond acceptors (Lipinski definition) is 4. The van der Waals surface area contributed by atoms with Crippen LogP contribution >= 0.6 is 0 Å². The lowest BCUT2D eigenvalue weighted by molar-refractivity contribution is -0.144. The van der Waals surface area contributed by atoms with E-state index in [1.165, 1.54) is 0 Å². The number of ether oxygens (including phenoxy) is 1. The highest BCUT2D eigenvalue weighted by atomic mass is 16.5. The standard InChI is InChI=1S/C14H16N2O3/c15-9-11-1-3-12(4-2-11)16-7-5-13(6-8-16)19-10-14(17)18/h1-4,13H,5-8,10H2,(H,17,18). The summed E-state index contributed by atoms with van der Waals surface area (Å²) in [7, 11) is 0. The van der Waals surface area contributed by atoms with E-state index in [0.717, 1.165) is 31.6 Å². The molecule has 0 unspecified atom stereocenters. The third-order valence-corrected chi connectivity index (χ3v) is 3.25. The molecule has 0 amide bonds. The van der Waals surface area contributed by atoms with E-state index < -0.39 is 5.97 Å². The van der Waals surface area contributed by atoms with Gasteiger partial charge in [-0.05, 0) is 37.1 Å². The molecule has 100 valence electrons. The molecule has 1 saturated heterocycles. The monoisotopic (exact) mass is 260 g/mol. The van der Waals surface area contributed by atoms with Gasteiger partial charge in [-0.25, -0.2) is 4.79 Å². The number of piperidine rings is 1. The molecule has 2 rings (SSSR count). The van der Waals surface area contributed by atoms with Crippen LogP contribution in [0, 0.1) is 11.3 Å². The Labute approximate surface area is 112 Å². The van der Waals surface area contributed by atoms with Crippen molar-refractivity contribution < 1.29 is 14.6 Å². The summed E-state index contributed by atoms with van der Waals surface area (Å²) in [5, 5.41) is 17.3. The van der Waals surface area contributed by atoms with Gasteiger partial charge in [0.1, 0.15) is 6.61 Å². The quantitative estimate of drug-likeness (QED) is 0.890. The third kappa shape index (κ3) is 3.70. The predicted octanol–water partition coefficient (Wildman–Crippen LogP) is 1.63. The first kappa shape index (κ1) is 13.4. The summed E-state index contributed by atoms with van der Waals surface area (Å²) in [5.41, 5.74) is 1.75. The molecule has 1 aromatic rings. The SMILES string of the molecule is N#Cc1ccc(N2CCC(OCC(=O)O)CC2)cc1. The zero-order chi connectivity index (χ0) is 13.7. The predicted molar refractivity (Wildman–Crippen MR) is 70.0 cm³/mol. The number of benzene rings is 1. The van der Waals surface area contributed by atoms with Crippen LogP contribution in [-0.2, 0) is 9.53 Å². The van der Waals surface area contributed by atoms with E-state index in [2.05, 4.69) is 11.0 Å². The van der Waals surface area contributed by atoms with Crippen LogP contribution in [-0.4, -0.2) is 36.9 Å². The van der Waals surface area contributed by atoms with Gasteiger partial charge < -0.3 is 14.7 Å². The van der Waals surface area contributed by atoms with Crippen molar-refractivity contribution >= 4 is 11.7 Å². The van der Waals surface area contributed by atoms with Crippen LogP contribution in [0.2, 0.25) is 0 Å². The Balaban J connectivity index is 1.85. The minimum Gasteiger partial charge on any atom is -0.480 e. The van der Waals surface area contributed by atoms with E-state index >= 15 is 0 Å². The number of aliphatic carboxylic acids is 1. The Kier molecular flexibility index (Phi) is 4.37. The number of rotatable bonds is 4. The van der Waals surface area contributed by atoms with Crippen molar-refractivity contribution in [2.24, 2.45) is 0 Å². The molecule has 0 aromatic heterocycles. The van der Waals surface area contributed by atoms with Gasteiger partial charge in [0, 0.05) is 18.8 Å². The molecule has 1 aliphatic rings. The van der Waals surface area contributed by atoms with E-state index in [9.17, 15) is 4.79 Å². The van der Waals surface area contributed by atoms with Crippen LogP contribution in [0.25, 0.3) is 0 Å². The maximum atomic E-state index is 10.4. The van der Waals surface area contributed by atoms with Crippen molar-refractivity contribution in [2.75, 3.05) is 24.6 Å². The van der Waals surface area contributed by atoms with Crippen molar-refractivity contribution in [1.29, 1.82) is 5.26 Å². The van der Waals surface area contributed by atoms with Crippen molar-refractivity contribution in [3.05, 3.63) is 29.8 Å². The molecular weight excluding hydrogens is 244 g/mol. The Bertz CT molecular complexity index is 470. The van der Waals surface area contributed by atoms with Crippen LogP contribution in [0.4, 0.5) is 5.69 Å². The molecule has 0 atom stereocenters. The fourth-order valence-corrected chi connectivity index (χ4v) is 2.22.